The van der Waals surface area contributed by atoms with Crippen molar-refractivity contribution in [1.29, 1.82) is 0 Å². The number of nitrogens with one attached hydrogen (secondary N) is 1. The third-order valence-electron chi connectivity index (χ3n) is 2.68. The summed E-state index contributed by atoms with van der Waals surface area (Å²) in [7, 11) is 0. The number of nitrogens with two attached hydrogens (primary N) is 1. The van der Waals surface area contributed by atoms with Crippen molar-refractivity contribution in [3.8, 4) is 17.0 Å². The van der Waals surface area contributed by atoms with Crippen molar-refractivity contribution in [2.24, 2.45) is 5.73 Å². The Morgan fingerprint density at radius 3 is 2.84 bits per heavy atom. The van der Waals surface area contributed by atoms with Gasteiger partial charge in [0.15, 0.2) is 0 Å². The Bertz CT molecular complexity index is 640. The molecule has 1 heterocycles. The number of aryl methyl sites for hydroxylation is 1. The molecule has 2 aromatic rings. The third-order valence-corrected chi connectivity index (χ3v) is 2.68. The number of rotatable bonds is 4. The molecule has 100 valence electrons. The standard InChI is InChI=1S/C13H14FN3O2/c14-9-4-1-3-8(7-9)11-12(18)16-10(5-2-6-15)17-13(11)19/h1,3-4,7H,2,5-6,15H2,(H2,16,17,18,19). The molecule has 2 rings (SSSR count). The fourth-order valence-electron chi connectivity index (χ4n) is 1.80. The average Bonchev–Trinajstić information content (AvgIpc) is 2.35. The first kappa shape index (κ1) is 13.2. The van der Waals surface area contributed by atoms with E-state index in [4.69, 9.17) is 5.73 Å². The molecule has 0 bridgehead atoms. The molecule has 1 aromatic heterocycles. The summed E-state index contributed by atoms with van der Waals surface area (Å²) in [5.41, 5.74) is 5.13. The van der Waals surface area contributed by atoms with E-state index >= 15 is 0 Å². The Morgan fingerprint density at radius 1 is 1.42 bits per heavy atom. The zero-order valence-corrected chi connectivity index (χ0v) is 10.2. The minimum Gasteiger partial charge on any atom is -0.493 e. The SMILES string of the molecule is NCCCc1nc(O)c(-c2cccc(F)c2)c(=O)[nH]1. The summed E-state index contributed by atoms with van der Waals surface area (Å²) in [5.74, 6) is -0.516. The van der Waals surface area contributed by atoms with Crippen LogP contribution in [-0.4, -0.2) is 21.6 Å². The Balaban J connectivity index is 2.45. The number of hydrogen-bond acceptors (Lipinski definition) is 4. The average molecular weight is 263 g/mol. The highest BCUT2D eigenvalue weighted by atomic mass is 19.1. The lowest BCUT2D eigenvalue weighted by Gasteiger charge is -2.06. The van der Waals surface area contributed by atoms with Crippen LogP contribution in [0.15, 0.2) is 29.1 Å². The molecule has 0 fully saturated rings. The van der Waals surface area contributed by atoms with Crippen LogP contribution < -0.4 is 11.3 Å². The van der Waals surface area contributed by atoms with Gasteiger partial charge in [-0.2, -0.15) is 4.98 Å². The topological polar surface area (TPSA) is 92.0 Å². The molecule has 0 aliphatic carbocycles. The second kappa shape index (κ2) is 5.62. The smallest absolute Gasteiger partial charge is 0.262 e. The van der Waals surface area contributed by atoms with Crippen molar-refractivity contribution in [3.63, 3.8) is 0 Å². The van der Waals surface area contributed by atoms with Gasteiger partial charge in [0.05, 0.1) is 0 Å². The van der Waals surface area contributed by atoms with Gasteiger partial charge in [0.1, 0.15) is 17.2 Å². The summed E-state index contributed by atoms with van der Waals surface area (Å²) in [6, 6.07) is 5.43. The highest BCUT2D eigenvalue weighted by Gasteiger charge is 2.13. The highest BCUT2D eigenvalue weighted by molar-refractivity contribution is 5.67. The summed E-state index contributed by atoms with van der Waals surface area (Å²) in [6.07, 6.45) is 1.13. The van der Waals surface area contributed by atoms with Gasteiger partial charge in [0.25, 0.3) is 5.56 Å². The molecular weight excluding hydrogens is 249 g/mol. The van der Waals surface area contributed by atoms with Gasteiger partial charge in [-0.1, -0.05) is 12.1 Å². The molecule has 0 unspecified atom stereocenters. The van der Waals surface area contributed by atoms with E-state index in [1.807, 2.05) is 0 Å². The van der Waals surface area contributed by atoms with Gasteiger partial charge in [0, 0.05) is 6.42 Å². The normalized spacial score (nSPS) is 10.6. The van der Waals surface area contributed by atoms with Gasteiger partial charge in [-0.15, -0.1) is 0 Å². The van der Waals surface area contributed by atoms with Crippen molar-refractivity contribution >= 4 is 0 Å². The van der Waals surface area contributed by atoms with Crippen LogP contribution in [0.25, 0.3) is 11.1 Å². The fraction of sp³-hybridized carbons (Fsp3) is 0.231. The number of aromatic hydroxyl groups is 1. The second-order valence-electron chi connectivity index (χ2n) is 4.11. The van der Waals surface area contributed by atoms with Crippen molar-refractivity contribution in [3.05, 3.63) is 46.3 Å². The molecule has 0 atom stereocenters. The fourth-order valence-corrected chi connectivity index (χ4v) is 1.80. The molecule has 0 aliphatic heterocycles. The molecule has 19 heavy (non-hydrogen) atoms. The summed E-state index contributed by atoms with van der Waals surface area (Å²) >= 11 is 0. The van der Waals surface area contributed by atoms with Crippen LogP contribution in [0.5, 0.6) is 5.88 Å². The number of H-pyrrole nitrogens is 1. The lowest BCUT2D eigenvalue weighted by Crippen LogP contribution is -2.15. The Labute approximate surface area is 108 Å². The van der Waals surface area contributed by atoms with Gasteiger partial charge in [-0.05, 0) is 30.7 Å². The van der Waals surface area contributed by atoms with Crippen molar-refractivity contribution < 1.29 is 9.50 Å². The monoisotopic (exact) mass is 263 g/mol. The lowest BCUT2D eigenvalue weighted by molar-refractivity contribution is 0.449. The first-order valence-electron chi connectivity index (χ1n) is 5.90. The van der Waals surface area contributed by atoms with E-state index in [1.54, 1.807) is 0 Å². The van der Waals surface area contributed by atoms with E-state index in [9.17, 15) is 14.3 Å². The van der Waals surface area contributed by atoms with Gasteiger partial charge >= 0.3 is 0 Å². The van der Waals surface area contributed by atoms with Crippen LogP contribution in [0.2, 0.25) is 0 Å². The van der Waals surface area contributed by atoms with Gasteiger partial charge in [-0.25, -0.2) is 4.39 Å². The van der Waals surface area contributed by atoms with Crippen LogP contribution in [0, 0.1) is 5.82 Å². The largest absolute Gasteiger partial charge is 0.493 e. The van der Waals surface area contributed by atoms with Crippen molar-refractivity contribution in [2.75, 3.05) is 6.54 Å². The first-order chi connectivity index (χ1) is 9.11. The molecule has 0 saturated carbocycles. The zero-order valence-electron chi connectivity index (χ0n) is 10.2. The Morgan fingerprint density at radius 2 is 2.21 bits per heavy atom. The number of aromatic nitrogens is 2. The number of halogens is 1. The molecule has 0 aliphatic rings. The minimum absolute atomic E-state index is 0.0315. The molecule has 6 heteroatoms. The van der Waals surface area contributed by atoms with E-state index in [2.05, 4.69) is 9.97 Å². The minimum atomic E-state index is -0.495. The van der Waals surface area contributed by atoms with Crippen molar-refractivity contribution in [2.45, 2.75) is 12.8 Å². The van der Waals surface area contributed by atoms with Gasteiger partial charge < -0.3 is 15.8 Å². The molecule has 5 nitrogen and oxygen atoms in total. The molecule has 0 spiro atoms. The van der Waals surface area contributed by atoms with Crippen LogP contribution in [0.1, 0.15) is 12.2 Å². The van der Waals surface area contributed by atoms with Gasteiger partial charge in [-0.3, -0.25) is 4.79 Å². The Hall–Kier alpha value is -2.21. The van der Waals surface area contributed by atoms with Crippen LogP contribution in [-0.2, 0) is 6.42 Å². The maximum absolute atomic E-state index is 13.1. The van der Waals surface area contributed by atoms with Gasteiger partial charge in [0.2, 0.25) is 5.88 Å². The summed E-state index contributed by atoms with van der Waals surface area (Å²) in [5, 5.41) is 9.83. The first-order valence-corrected chi connectivity index (χ1v) is 5.90. The second-order valence-corrected chi connectivity index (χ2v) is 4.11. The van der Waals surface area contributed by atoms with E-state index in [-0.39, 0.29) is 11.1 Å². The highest BCUT2D eigenvalue weighted by Crippen LogP contribution is 2.23. The van der Waals surface area contributed by atoms with E-state index in [0.29, 0.717) is 25.2 Å². The lowest BCUT2D eigenvalue weighted by atomic mass is 10.1. The number of hydrogen-bond donors (Lipinski definition) is 3. The zero-order chi connectivity index (χ0) is 13.8. The maximum Gasteiger partial charge on any atom is 0.262 e. The molecule has 4 N–H and O–H groups in total. The van der Waals surface area contributed by atoms with Crippen LogP contribution >= 0.6 is 0 Å². The van der Waals surface area contributed by atoms with E-state index in [1.165, 1.54) is 24.3 Å². The predicted molar refractivity (Wildman–Crippen MR) is 69.3 cm³/mol. The Kier molecular flexibility index (Phi) is 3.91. The third kappa shape index (κ3) is 2.97. The van der Waals surface area contributed by atoms with E-state index < -0.39 is 17.3 Å². The molecule has 1 aromatic carbocycles. The summed E-state index contributed by atoms with van der Waals surface area (Å²) < 4.78 is 13.1. The quantitative estimate of drug-likeness (QED) is 0.772. The molecule has 0 radical (unpaired) electrons. The molecule has 0 saturated heterocycles. The molecule has 0 amide bonds. The van der Waals surface area contributed by atoms with Crippen LogP contribution in [0.4, 0.5) is 4.39 Å². The van der Waals surface area contributed by atoms with E-state index in [0.717, 1.165) is 0 Å². The van der Waals surface area contributed by atoms with Crippen LogP contribution in [0.3, 0.4) is 0 Å². The predicted octanol–water partition coefficient (Wildman–Crippen LogP) is 1.17. The number of aromatic amines is 1. The molecular formula is C13H14FN3O2. The summed E-state index contributed by atoms with van der Waals surface area (Å²) in [6.45, 7) is 0.468. The van der Waals surface area contributed by atoms with Crippen molar-refractivity contribution in [1.82, 2.24) is 9.97 Å². The number of benzene rings is 1. The number of nitrogens with zero attached hydrogens (tertiary/aromatic N) is 1. The summed E-state index contributed by atoms with van der Waals surface area (Å²) in [4.78, 5) is 18.4. The maximum atomic E-state index is 13.1.